The maximum atomic E-state index is 4.64. The molecule has 0 N–H and O–H groups in total. The van der Waals surface area contributed by atoms with E-state index in [4.69, 9.17) is 0 Å². The predicted octanol–water partition coefficient (Wildman–Crippen LogP) is 7.04. The molecule has 0 saturated carbocycles. The Kier molecular flexibility index (Phi) is 6.99. The summed E-state index contributed by atoms with van der Waals surface area (Å²) in [6.45, 7) is 11.1. The van der Waals surface area contributed by atoms with Gasteiger partial charge in [-0.1, -0.05) is 88.8 Å². The van der Waals surface area contributed by atoms with Crippen LogP contribution in [0.2, 0.25) is 0 Å². The van der Waals surface area contributed by atoms with Gasteiger partial charge in [0.1, 0.15) is 0 Å². The average molecular weight is 457 g/mol. The van der Waals surface area contributed by atoms with E-state index in [0.29, 0.717) is 0 Å². The highest BCUT2D eigenvalue weighted by Gasteiger charge is 2.21. The quantitative estimate of drug-likeness (QED) is 0.280. The van der Waals surface area contributed by atoms with E-state index in [1.807, 2.05) is 18.3 Å². The van der Waals surface area contributed by atoms with E-state index in [2.05, 4.69) is 96.8 Å². The second-order valence-electron chi connectivity index (χ2n) is 9.25. The lowest BCUT2D eigenvalue weighted by Crippen LogP contribution is -2.10. The van der Waals surface area contributed by atoms with Crippen LogP contribution in [0.4, 0.5) is 0 Å². The van der Waals surface area contributed by atoms with E-state index in [-0.39, 0.29) is 5.41 Å². The lowest BCUT2D eigenvalue weighted by Gasteiger charge is -2.19. The molecule has 0 aliphatic heterocycles. The zero-order chi connectivity index (χ0) is 23.4. The molecule has 2 aromatic heterocycles. The molecule has 0 radical (unpaired) electrons. The maximum absolute atomic E-state index is 4.64. The summed E-state index contributed by atoms with van der Waals surface area (Å²) in [5, 5.41) is 10.2. The molecule has 2 heterocycles. The molecular weight excluding hydrogens is 424 g/mol. The summed E-state index contributed by atoms with van der Waals surface area (Å²) in [6, 6.07) is 19.5. The second kappa shape index (κ2) is 9.92. The Morgan fingerprint density at radius 2 is 1.55 bits per heavy atom. The summed E-state index contributed by atoms with van der Waals surface area (Å²) >= 11 is 1.73. The van der Waals surface area contributed by atoms with Crippen molar-refractivity contribution in [2.24, 2.45) is 0 Å². The fourth-order valence-electron chi connectivity index (χ4n) is 4.00. The molecule has 0 spiro atoms. The van der Waals surface area contributed by atoms with E-state index in [0.717, 1.165) is 35.1 Å². The first-order valence-electron chi connectivity index (χ1n) is 11.6. The van der Waals surface area contributed by atoms with Crippen LogP contribution in [0.15, 0.2) is 72.1 Å². The summed E-state index contributed by atoms with van der Waals surface area (Å²) in [7, 11) is 0. The van der Waals surface area contributed by atoms with Gasteiger partial charge < -0.3 is 0 Å². The van der Waals surface area contributed by atoms with Crippen molar-refractivity contribution in [3.63, 3.8) is 0 Å². The van der Waals surface area contributed by atoms with Crippen LogP contribution in [0.1, 0.15) is 56.9 Å². The molecule has 2 aromatic carbocycles. The first-order chi connectivity index (χ1) is 15.9. The third kappa shape index (κ3) is 5.03. The molecule has 0 bridgehead atoms. The van der Waals surface area contributed by atoms with Crippen molar-refractivity contribution in [1.82, 2.24) is 19.7 Å². The van der Waals surface area contributed by atoms with Gasteiger partial charge in [-0.15, -0.1) is 10.2 Å². The Bertz CT molecular complexity index is 1180. The largest absolute Gasteiger partial charge is 0.269 e. The fraction of sp³-hybridized carbons (Fsp3) is 0.321. The number of aryl methyl sites for hydroxylation is 2. The summed E-state index contributed by atoms with van der Waals surface area (Å²) < 4.78 is 2.24. The van der Waals surface area contributed by atoms with Crippen LogP contribution in [-0.2, 0) is 24.0 Å². The number of para-hydroxylation sites is 1. The molecule has 0 amide bonds. The SMILES string of the molecule is CCc1cccc(CC)c1-n1c(SCc2ccc(C(C)(C)C)cc2)nnc1-c1cccnc1. The first kappa shape index (κ1) is 23.2. The van der Waals surface area contributed by atoms with Gasteiger partial charge in [-0.25, -0.2) is 0 Å². The van der Waals surface area contributed by atoms with E-state index < -0.39 is 0 Å². The minimum Gasteiger partial charge on any atom is -0.269 e. The number of hydrogen-bond donors (Lipinski definition) is 0. The van der Waals surface area contributed by atoms with Gasteiger partial charge in [0.05, 0.1) is 5.69 Å². The Morgan fingerprint density at radius 1 is 0.848 bits per heavy atom. The van der Waals surface area contributed by atoms with E-state index >= 15 is 0 Å². The summed E-state index contributed by atoms with van der Waals surface area (Å²) in [4.78, 5) is 4.32. The maximum Gasteiger partial charge on any atom is 0.196 e. The van der Waals surface area contributed by atoms with Crippen molar-refractivity contribution in [1.29, 1.82) is 0 Å². The van der Waals surface area contributed by atoms with Crippen molar-refractivity contribution in [2.45, 2.75) is 63.8 Å². The normalized spacial score (nSPS) is 11.7. The van der Waals surface area contributed by atoms with Crippen molar-refractivity contribution >= 4 is 11.8 Å². The number of hydrogen-bond acceptors (Lipinski definition) is 4. The van der Waals surface area contributed by atoms with Crippen LogP contribution < -0.4 is 0 Å². The molecule has 4 rings (SSSR count). The topological polar surface area (TPSA) is 43.6 Å². The number of nitrogens with zero attached hydrogens (tertiary/aromatic N) is 4. The molecule has 0 unspecified atom stereocenters. The van der Waals surface area contributed by atoms with Gasteiger partial charge in [-0.2, -0.15) is 0 Å². The van der Waals surface area contributed by atoms with Gasteiger partial charge in [0.2, 0.25) is 0 Å². The molecule has 0 fully saturated rings. The number of thioether (sulfide) groups is 1. The van der Waals surface area contributed by atoms with Gasteiger partial charge in [0.25, 0.3) is 0 Å². The highest BCUT2D eigenvalue weighted by molar-refractivity contribution is 7.98. The van der Waals surface area contributed by atoms with Gasteiger partial charge in [0, 0.05) is 23.7 Å². The van der Waals surface area contributed by atoms with Crippen LogP contribution in [0.5, 0.6) is 0 Å². The second-order valence-corrected chi connectivity index (χ2v) is 10.2. The molecule has 0 saturated heterocycles. The zero-order valence-electron chi connectivity index (χ0n) is 20.2. The molecule has 4 nitrogen and oxygen atoms in total. The molecule has 5 heteroatoms. The lowest BCUT2D eigenvalue weighted by atomic mass is 9.87. The molecule has 0 aliphatic carbocycles. The third-order valence-electron chi connectivity index (χ3n) is 5.93. The summed E-state index contributed by atoms with van der Waals surface area (Å²) in [5.41, 5.74) is 7.57. The Morgan fingerprint density at radius 3 is 2.12 bits per heavy atom. The number of rotatable bonds is 7. The Labute approximate surface area is 201 Å². The molecule has 170 valence electrons. The predicted molar refractivity (Wildman–Crippen MR) is 138 cm³/mol. The molecular formula is C28H32N4S. The molecule has 0 atom stereocenters. The fourth-order valence-corrected chi connectivity index (χ4v) is 4.89. The van der Waals surface area contributed by atoms with E-state index in [1.54, 1.807) is 18.0 Å². The van der Waals surface area contributed by atoms with Gasteiger partial charge in [0.15, 0.2) is 11.0 Å². The van der Waals surface area contributed by atoms with Crippen molar-refractivity contribution in [3.05, 3.63) is 89.2 Å². The monoisotopic (exact) mass is 456 g/mol. The average Bonchev–Trinajstić information content (AvgIpc) is 3.25. The van der Waals surface area contributed by atoms with Gasteiger partial charge in [-0.05, 0) is 52.6 Å². The smallest absolute Gasteiger partial charge is 0.196 e. The number of pyridine rings is 1. The minimum absolute atomic E-state index is 0.158. The number of benzene rings is 2. The van der Waals surface area contributed by atoms with Gasteiger partial charge in [-0.3, -0.25) is 9.55 Å². The van der Waals surface area contributed by atoms with Crippen molar-refractivity contribution in [2.75, 3.05) is 0 Å². The van der Waals surface area contributed by atoms with Crippen molar-refractivity contribution < 1.29 is 0 Å². The van der Waals surface area contributed by atoms with Crippen LogP contribution in [0, 0.1) is 0 Å². The van der Waals surface area contributed by atoms with Crippen LogP contribution >= 0.6 is 11.8 Å². The molecule has 33 heavy (non-hydrogen) atoms. The van der Waals surface area contributed by atoms with Crippen LogP contribution in [0.25, 0.3) is 17.1 Å². The Balaban J connectivity index is 1.75. The number of aromatic nitrogens is 4. The minimum atomic E-state index is 0.158. The standard InChI is InChI=1S/C28H32N4S/c1-6-21-10-8-11-22(7-2)25(21)32-26(23-12-9-17-29-18-23)30-31-27(32)33-19-20-13-15-24(16-14-20)28(3,4)5/h8-18H,6-7,19H2,1-5H3. The van der Waals surface area contributed by atoms with E-state index in [9.17, 15) is 0 Å². The highest BCUT2D eigenvalue weighted by atomic mass is 32.2. The lowest BCUT2D eigenvalue weighted by molar-refractivity contribution is 0.590. The van der Waals surface area contributed by atoms with E-state index in [1.165, 1.54) is 27.9 Å². The van der Waals surface area contributed by atoms with Crippen LogP contribution in [0.3, 0.4) is 0 Å². The third-order valence-corrected chi connectivity index (χ3v) is 6.93. The first-order valence-corrected chi connectivity index (χ1v) is 12.6. The summed E-state index contributed by atoms with van der Waals surface area (Å²) in [5.74, 6) is 1.68. The Hall–Kier alpha value is -2.92. The molecule has 0 aliphatic rings. The highest BCUT2D eigenvalue weighted by Crippen LogP contribution is 2.33. The summed E-state index contributed by atoms with van der Waals surface area (Å²) in [6.07, 6.45) is 5.55. The van der Waals surface area contributed by atoms with Crippen molar-refractivity contribution in [3.8, 4) is 17.1 Å². The zero-order valence-corrected chi connectivity index (χ0v) is 21.0. The van der Waals surface area contributed by atoms with Crippen LogP contribution in [-0.4, -0.2) is 19.7 Å². The van der Waals surface area contributed by atoms with Gasteiger partial charge >= 0.3 is 0 Å². The molecule has 4 aromatic rings.